The van der Waals surface area contributed by atoms with Crippen molar-refractivity contribution in [3.05, 3.63) is 42.5 Å². The van der Waals surface area contributed by atoms with E-state index in [0.29, 0.717) is 0 Å². The summed E-state index contributed by atoms with van der Waals surface area (Å²) in [5.74, 6) is 0.924. The van der Waals surface area contributed by atoms with Gasteiger partial charge < -0.3 is 15.7 Å². The first kappa shape index (κ1) is 12.0. The second-order valence-electron chi connectivity index (χ2n) is 5.66. The fourth-order valence-electron chi connectivity index (χ4n) is 2.32. The molecule has 98 valence electrons. The molecule has 0 aliphatic heterocycles. The van der Waals surface area contributed by atoms with Crippen molar-refractivity contribution in [2.24, 2.45) is 5.73 Å². The monoisotopic (exact) mass is 254 g/mol. The lowest BCUT2D eigenvalue weighted by molar-refractivity contribution is 0.505. The van der Waals surface area contributed by atoms with Crippen LogP contribution in [0.5, 0.6) is 0 Å². The van der Waals surface area contributed by atoms with Crippen molar-refractivity contribution < 1.29 is 0 Å². The number of fused-ring (bicyclic) bond motifs is 1. The van der Waals surface area contributed by atoms with Crippen LogP contribution in [0.4, 0.5) is 0 Å². The number of aromatic nitrogens is 3. The van der Waals surface area contributed by atoms with E-state index >= 15 is 0 Å². The van der Waals surface area contributed by atoms with Crippen LogP contribution in [-0.4, -0.2) is 20.5 Å². The predicted molar refractivity (Wildman–Crippen MR) is 77.9 cm³/mol. The van der Waals surface area contributed by atoms with Gasteiger partial charge in [-0.2, -0.15) is 0 Å². The standard InChI is InChI=1S/C15H18N4/c1-15(2,16)7-14-18-9-13(19-14)11-8-17-12-6-4-3-5-10(11)12/h3-6,8-9,17H,7,16H2,1-2H3,(H,18,19). The molecule has 19 heavy (non-hydrogen) atoms. The van der Waals surface area contributed by atoms with Gasteiger partial charge in [0.2, 0.25) is 0 Å². The van der Waals surface area contributed by atoms with Crippen LogP contribution in [-0.2, 0) is 6.42 Å². The number of rotatable bonds is 3. The molecule has 2 heterocycles. The summed E-state index contributed by atoms with van der Waals surface area (Å²) in [6, 6.07) is 8.24. The molecule has 0 aliphatic carbocycles. The number of para-hydroxylation sites is 1. The fraction of sp³-hybridized carbons (Fsp3) is 0.267. The number of benzene rings is 1. The number of H-pyrrole nitrogens is 2. The highest BCUT2D eigenvalue weighted by molar-refractivity contribution is 5.94. The first-order valence-electron chi connectivity index (χ1n) is 6.42. The van der Waals surface area contributed by atoms with Crippen LogP contribution in [0.15, 0.2) is 36.7 Å². The molecule has 4 heteroatoms. The van der Waals surface area contributed by atoms with Crippen molar-refractivity contribution in [2.75, 3.05) is 0 Å². The molecular weight excluding hydrogens is 236 g/mol. The van der Waals surface area contributed by atoms with Crippen LogP contribution in [0.2, 0.25) is 0 Å². The second kappa shape index (κ2) is 4.24. The zero-order chi connectivity index (χ0) is 13.5. The normalized spacial score (nSPS) is 12.2. The third-order valence-corrected chi connectivity index (χ3v) is 3.13. The van der Waals surface area contributed by atoms with Crippen molar-refractivity contribution in [1.29, 1.82) is 0 Å². The number of imidazole rings is 1. The number of nitrogens with zero attached hydrogens (tertiary/aromatic N) is 1. The highest BCUT2D eigenvalue weighted by Gasteiger charge is 2.15. The summed E-state index contributed by atoms with van der Waals surface area (Å²) in [6.45, 7) is 4.00. The van der Waals surface area contributed by atoms with Gasteiger partial charge in [-0.1, -0.05) is 18.2 Å². The maximum atomic E-state index is 6.02. The molecule has 4 N–H and O–H groups in total. The van der Waals surface area contributed by atoms with Crippen LogP contribution in [0.1, 0.15) is 19.7 Å². The van der Waals surface area contributed by atoms with Gasteiger partial charge in [-0.25, -0.2) is 4.98 Å². The van der Waals surface area contributed by atoms with Crippen LogP contribution < -0.4 is 5.73 Å². The molecular formula is C15H18N4. The first-order chi connectivity index (χ1) is 9.03. The summed E-state index contributed by atoms with van der Waals surface area (Å²) in [5, 5.41) is 1.20. The van der Waals surface area contributed by atoms with E-state index in [1.54, 1.807) is 0 Å². The SMILES string of the molecule is CC(C)(N)Cc1ncc(-c2c[nH]c3ccccc23)[nH]1. The number of hydrogen-bond donors (Lipinski definition) is 3. The van der Waals surface area contributed by atoms with E-state index in [4.69, 9.17) is 5.73 Å². The van der Waals surface area contributed by atoms with Gasteiger partial charge >= 0.3 is 0 Å². The van der Waals surface area contributed by atoms with Crippen LogP contribution in [0, 0.1) is 0 Å². The molecule has 1 aromatic carbocycles. The Balaban J connectivity index is 1.99. The zero-order valence-electron chi connectivity index (χ0n) is 11.2. The van der Waals surface area contributed by atoms with E-state index in [9.17, 15) is 0 Å². The zero-order valence-corrected chi connectivity index (χ0v) is 11.2. The van der Waals surface area contributed by atoms with E-state index in [0.717, 1.165) is 29.0 Å². The van der Waals surface area contributed by atoms with Gasteiger partial charge in [-0.05, 0) is 19.9 Å². The lowest BCUT2D eigenvalue weighted by Gasteiger charge is -2.15. The van der Waals surface area contributed by atoms with Gasteiger partial charge in [0.05, 0.1) is 11.9 Å². The molecule has 0 unspecified atom stereocenters. The molecule has 0 atom stereocenters. The van der Waals surface area contributed by atoms with Crippen molar-refractivity contribution in [2.45, 2.75) is 25.8 Å². The molecule has 0 aliphatic rings. The molecule has 4 nitrogen and oxygen atoms in total. The average molecular weight is 254 g/mol. The maximum absolute atomic E-state index is 6.02. The molecule has 3 aromatic rings. The Hall–Kier alpha value is -2.07. The van der Waals surface area contributed by atoms with E-state index < -0.39 is 0 Å². The Morgan fingerprint density at radius 1 is 1.26 bits per heavy atom. The lowest BCUT2D eigenvalue weighted by atomic mass is 10.0. The van der Waals surface area contributed by atoms with Gasteiger partial charge in [0.1, 0.15) is 5.82 Å². The van der Waals surface area contributed by atoms with Crippen LogP contribution in [0.25, 0.3) is 22.2 Å². The predicted octanol–water partition coefficient (Wildman–Crippen LogP) is 2.84. The molecule has 0 bridgehead atoms. The van der Waals surface area contributed by atoms with Crippen LogP contribution in [0.3, 0.4) is 0 Å². The van der Waals surface area contributed by atoms with E-state index in [-0.39, 0.29) is 5.54 Å². The third-order valence-electron chi connectivity index (χ3n) is 3.13. The molecule has 0 spiro atoms. The summed E-state index contributed by atoms with van der Waals surface area (Å²) >= 11 is 0. The Morgan fingerprint density at radius 3 is 2.84 bits per heavy atom. The molecule has 0 saturated heterocycles. The number of nitrogens with one attached hydrogen (secondary N) is 2. The summed E-state index contributed by atoms with van der Waals surface area (Å²) in [4.78, 5) is 11.0. The minimum atomic E-state index is -0.255. The largest absolute Gasteiger partial charge is 0.360 e. The Kier molecular flexibility index (Phi) is 2.68. The number of nitrogens with two attached hydrogens (primary N) is 1. The smallest absolute Gasteiger partial charge is 0.108 e. The molecule has 0 saturated carbocycles. The van der Waals surface area contributed by atoms with Crippen molar-refractivity contribution >= 4 is 10.9 Å². The van der Waals surface area contributed by atoms with Gasteiger partial charge in [-0.15, -0.1) is 0 Å². The number of aromatic amines is 2. The van der Waals surface area contributed by atoms with Crippen molar-refractivity contribution in [3.63, 3.8) is 0 Å². The minimum absolute atomic E-state index is 0.255. The summed E-state index contributed by atoms with van der Waals surface area (Å²) < 4.78 is 0. The summed E-state index contributed by atoms with van der Waals surface area (Å²) in [6.07, 6.45) is 4.61. The molecule has 3 rings (SSSR count). The van der Waals surface area contributed by atoms with E-state index in [1.807, 2.05) is 38.4 Å². The fourth-order valence-corrected chi connectivity index (χ4v) is 2.32. The highest BCUT2D eigenvalue weighted by atomic mass is 14.9. The Labute approximate surface area is 112 Å². The third kappa shape index (κ3) is 2.39. The summed E-state index contributed by atoms with van der Waals surface area (Å²) in [7, 11) is 0. The first-order valence-corrected chi connectivity index (χ1v) is 6.42. The highest BCUT2D eigenvalue weighted by Crippen LogP contribution is 2.27. The number of hydrogen-bond acceptors (Lipinski definition) is 2. The van der Waals surface area contributed by atoms with E-state index in [1.165, 1.54) is 5.39 Å². The van der Waals surface area contributed by atoms with Crippen molar-refractivity contribution in [1.82, 2.24) is 15.0 Å². The molecule has 0 fully saturated rings. The summed E-state index contributed by atoms with van der Waals surface area (Å²) in [5.41, 5.74) is 9.06. The minimum Gasteiger partial charge on any atom is -0.360 e. The maximum Gasteiger partial charge on any atom is 0.108 e. The topological polar surface area (TPSA) is 70.5 Å². The van der Waals surface area contributed by atoms with Gasteiger partial charge in [-0.3, -0.25) is 0 Å². The lowest BCUT2D eigenvalue weighted by Crippen LogP contribution is -2.34. The molecule has 2 aromatic heterocycles. The average Bonchev–Trinajstić information content (AvgIpc) is 2.92. The quantitative estimate of drug-likeness (QED) is 0.672. The van der Waals surface area contributed by atoms with Gasteiger partial charge in [0.15, 0.2) is 0 Å². The van der Waals surface area contributed by atoms with Gasteiger partial charge in [0.25, 0.3) is 0 Å². The molecule has 0 amide bonds. The van der Waals surface area contributed by atoms with E-state index in [2.05, 4.69) is 27.1 Å². The van der Waals surface area contributed by atoms with Crippen LogP contribution >= 0.6 is 0 Å². The Morgan fingerprint density at radius 2 is 2.05 bits per heavy atom. The van der Waals surface area contributed by atoms with Crippen molar-refractivity contribution in [3.8, 4) is 11.3 Å². The van der Waals surface area contributed by atoms with Gasteiger partial charge in [0, 0.05) is 34.6 Å². The molecule has 0 radical (unpaired) electrons. The second-order valence-corrected chi connectivity index (χ2v) is 5.66. The Bertz CT molecular complexity index is 700.